The van der Waals surface area contributed by atoms with Crippen LogP contribution in [0.15, 0.2) is 47.4 Å². The first-order valence-electron chi connectivity index (χ1n) is 8.09. The molecule has 0 spiro atoms. The quantitative estimate of drug-likeness (QED) is 0.440. The Labute approximate surface area is 184 Å². The topological polar surface area (TPSA) is 71.5 Å². The van der Waals surface area contributed by atoms with E-state index >= 15 is 0 Å². The van der Waals surface area contributed by atoms with E-state index in [2.05, 4.69) is 0 Å². The van der Waals surface area contributed by atoms with E-state index in [1.807, 2.05) is 0 Å². The zero-order valence-electron chi connectivity index (χ0n) is 14.6. The minimum Gasteiger partial charge on any atom is -0.262 e. The lowest BCUT2D eigenvalue weighted by Gasteiger charge is -2.31. The Morgan fingerprint density at radius 3 is 2.07 bits per heavy atom. The maximum absolute atomic E-state index is 13.3. The number of hydrogen-bond donors (Lipinski definition) is 0. The normalized spacial score (nSPS) is 13.3. The Morgan fingerprint density at radius 1 is 0.929 bits per heavy atom. The van der Waals surface area contributed by atoms with Gasteiger partial charge in [-0.1, -0.05) is 34.8 Å². The first-order chi connectivity index (χ1) is 12.9. The highest BCUT2D eigenvalue weighted by molar-refractivity contribution is 8.13. The van der Waals surface area contributed by atoms with E-state index in [1.165, 1.54) is 36.4 Å². The molecule has 1 atom stereocenters. The van der Waals surface area contributed by atoms with Gasteiger partial charge in [-0.25, -0.2) is 16.8 Å². The van der Waals surface area contributed by atoms with Crippen molar-refractivity contribution in [1.82, 2.24) is 0 Å². The summed E-state index contributed by atoms with van der Waals surface area (Å²) in [4.78, 5) is 0.0183. The van der Waals surface area contributed by atoms with Gasteiger partial charge >= 0.3 is 0 Å². The van der Waals surface area contributed by atoms with Gasteiger partial charge in [0.15, 0.2) is 0 Å². The van der Waals surface area contributed by atoms with Gasteiger partial charge in [-0.3, -0.25) is 4.31 Å². The second-order valence-electron chi connectivity index (χ2n) is 6.08. The summed E-state index contributed by atoms with van der Waals surface area (Å²) in [6.45, 7) is 1.66. The van der Waals surface area contributed by atoms with Gasteiger partial charge in [0.05, 0.1) is 21.4 Å². The van der Waals surface area contributed by atoms with Gasteiger partial charge < -0.3 is 0 Å². The number of anilines is 1. The number of benzene rings is 2. The molecule has 0 aliphatic carbocycles. The van der Waals surface area contributed by atoms with E-state index in [9.17, 15) is 16.8 Å². The molecule has 0 aliphatic rings. The standard InChI is InChI=1S/C17H17Cl4NO4S2/c1-12(3-2-10-27(21,23)24)22(17-11-14(19)6-9-16(17)20)28(25,26)15-7-4-13(18)5-8-15/h4-9,11-12H,2-3,10H2,1H3. The van der Waals surface area contributed by atoms with Gasteiger partial charge in [-0.05, 0) is 62.2 Å². The van der Waals surface area contributed by atoms with Crippen molar-refractivity contribution in [2.75, 3.05) is 10.1 Å². The van der Waals surface area contributed by atoms with Crippen LogP contribution in [0, 0.1) is 0 Å². The SMILES string of the molecule is CC(CCCS(=O)(=O)Cl)N(c1cc(Cl)ccc1Cl)S(=O)(=O)c1ccc(Cl)cc1. The van der Waals surface area contributed by atoms with Gasteiger partial charge in [0.25, 0.3) is 10.0 Å². The van der Waals surface area contributed by atoms with Crippen molar-refractivity contribution in [2.45, 2.75) is 30.7 Å². The predicted octanol–water partition coefficient (Wildman–Crippen LogP) is 5.58. The molecule has 0 aromatic heterocycles. The highest BCUT2D eigenvalue weighted by Gasteiger charge is 2.31. The summed E-state index contributed by atoms with van der Waals surface area (Å²) in [6.07, 6.45) is 0.416. The van der Waals surface area contributed by atoms with Crippen molar-refractivity contribution in [3.8, 4) is 0 Å². The summed E-state index contributed by atoms with van der Waals surface area (Å²) in [5, 5.41) is 0.900. The molecule has 0 fully saturated rings. The number of sulfonamides is 1. The molecule has 2 rings (SSSR count). The highest BCUT2D eigenvalue weighted by atomic mass is 35.7. The molecule has 0 amide bonds. The number of nitrogens with zero attached hydrogens (tertiary/aromatic N) is 1. The molecular weight excluding hydrogens is 488 g/mol. The van der Waals surface area contributed by atoms with Crippen molar-refractivity contribution in [2.24, 2.45) is 0 Å². The number of hydrogen-bond acceptors (Lipinski definition) is 4. The number of halogens is 4. The van der Waals surface area contributed by atoms with E-state index in [1.54, 1.807) is 13.0 Å². The van der Waals surface area contributed by atoms with Gasteiger partial charge in [-0.2, -0.15) is 0 Å². The van der Waals surface area contributed by atoms with Crippen molar-refractivity contribution in [1.29, 1.82) is 0 Å². The molecule has 0 N–H and O–H groups in total. The lowest BCUT2D eigenvalue weighted by molar-refractivity contribution is 0.567. The number of rotatable bonds is 8. The Hall–Kier alpha value is -0.700. The highest BCUT2D eigenvalue weighted by Crippen LogP contribution is 2.35. The molecule has 11 heteroatoms. The van der Waals surface area contributed by atoms with E-state index in [0.29, 0.717) is 10.0 Å². The van der Waals surface area contributed by atoms with Crippen LogP contribution in [0.4, 0.5) is 5.69 Å². The average molecular weight is 505 g/mol. The fourth-order valence-corrected chi connectivity index (χ4v) is 5.73. The third-order valence-corrected chi connectivity index (χ3v) is 7.91. The lowest BCUT2D eigenvalue weighted by atomic mass is 10.2. The van der Waals surface area contributed by atoms with Crippen molar-refractivity contribution < 1.29 is 16.8 Å². The fourth-order valence-electron chi connectivity index (χ4n) is 2.65. The molecule has 0 bridgehead atoms. The van der Waals surface area contributed by atoms with Crippen molar-refractivity contribution >= 4 is 70.2 Å². The third-order valence-electron chi connectivity index (χ3n) is 3.93. The van der Waals surface area contributed by atoms with Crippen LogP contribution in [0.1, 0.15) is 19.8 Å². The lowest BCUT2D eigenvalue weighted by Crippen LogP contribution is -2.39. The minimum atomic E-state index is -4.03. The summed E-state index contributed by atoms with van der Waals surface area (Å²) in [7, 11) is -2.45. The third kappa shape index (κ3) is 6.15. The first-order valence-corrected chi connectivity index (χ1v) is 13.1. The molecule has 0 saturated carbocycles. The Kier molecular flexibility index (Phi) is 7.92. The van der Waals surface area contributed by atoms with Gasteiger partial charge in [-0.15, -0.1) is 0 Å². The first kappa shape index (κ1) is 23.6. The average Bonchev–Trinajstić information content (AvgIpc) is 2.57. The van der Waals surface area contributed by atoms with Crippen molar-refractivity contribution in [3.63, 3.8) is 0 Å². The molecule has 0 aliphatic heterocycles. The van der Waals surface area contributed by atoms with E-state index in [-0.39, 0.29) is 34.2 Å². The monoisotopic (exact) mass is 503 g/mol. The van der Waals surface area contributed by atoms with Crippen LogP contribution in [0.3, 0.4) is 0 Å². The van der Waals surface area contributed by atoms with E-state index in [4.69, 9.17) is 45.5 Å². The van der Waals surface area contributed by atoms with Crippen molar-refractivity contribution in [3.05, 3.63) is 57.5 Å². The largest absolute Gasteiger partial charge is 0.264 e. The molecule has 154 valence electrons. The molecule has 1 unspecified atom stereocenters. The molecule has 5 nitrogen and oxygen atoms in total. The molecule has 2 aromatic rings. The zero-order chi connectivity index (χ0) is 21.1. The summed E-state index contributed by atoms with van der Waals surface area (Å²) >= 11 is 18.2. The smallest absolute Gasteiger partial charge is 0.262 e. The van der Waals surface area contributed by atoms with E-state index < -0.39 is 25.1 Å². The molecule has 0 saturated heterocycles. The zero-order valence-corrected chi connectivity index (χ0v) is 19.3. The molecule has 0 heterocycles. The van der Waals surface area contributed by atoms with E-state index in [0.717, 1.165) is 4.31 Å². The predicted molar refractivity (Wildman–Crippen MR) is 116 cm³/mol. The van der Waals surface area contributed by atoms with Crippen LogP contribution in [0.25, 0.3) is 0 Å². The van der Waals surface area contributed by atoms with Crippen LogP contribution >= 0.6 is 45.5 Å². The second kappa shape index (κ2) is 9.41. The van der Waals surface area contributed by atoms with Gasteiger partial charge in [0.2, 0.25) is 9.05 Å². The van der Waals surface area contributed by atoms with Gasteiger partial charge in [0, 0.05) is 26.8 Å². The Bertz CT molecular complexity index is 1040. The summed E-state index contributed by atoms with van der Waals surface area (Å²) in [5.41, 5.74) is 0.199. The Balaban J connectivity index is 2.49. The summed E-state index contributed by atoms with van der Waals surface area (Å²) in [5.74, 6) is -0.267. The Morgan fingerprint density at radius 2 is 1.50 bits per heavy atom. The van der Waals surface area contributed by atoms with Crippen LogP contribution < -0.4 is 4.31 Å². The second-order valence-corrected chi connectivity index (χ2v) is 12.1. The fraction of sp³-hybridized carbons (Fsp3) is 0.294. The summed E-state index contributed by atoms with van der Waals surface area (Å²) < 4.78 is 50.2. The van der Waals surface area contributed by atoms with Gasteiger partial charge in [0.1, 0.15) is 0 Å². The maximum atomic E-state index is 13.3. The maximum Gasteiger partial charge on any atom is 0.264 e. The molecule has 2 aromatic carbocycles. The minimum absolute atomic E-state index is 0.0183. The van der Waals surface area contributed by atoms with Crippen LogP contribution in [-0.2, 0) is 19.1 Å². The molecular formula is C17H17Cl4NO4S2. The molecule has 28 heavy (non-hydrogen) atoms. The van der Waals surface area contributed by atoms with Crippen LogP contribution in [-0.4, -0.2) is 28.6 Å². The molecule has 0 radical (unpaired) electrons. The van der Waals surface area contributed by atoms with Crippen LogP contribution in [0.2, 0.25) is 15.1 Å². The van der Waals surface area contributed by atoms with Crippen LogP contribution in [0.5, 0.6) is 0 Å². The summed E-state index contributed by atoms with van der Waals surface area (Å²) in [6, 6.07) is 9.60.